The molecule has 1 atom stereocenters. The van der Waals surface area contributed by atoms with E-state index in [4.69, 9.17) is 0 Å². The molecule has 2 aromatic heterocycles. The van der Waals surface area contributed by atoms with Crippen molar-refractivity contribution in [3.63, 3.8) is 0 Å². The summed E-state index contributed by atoms with van der Waals surface area (Å²) in [6, 6.07) is 0. The summed E-state index contributed by atoms with van der Waals surface area (Å²) in [6.07, 6.45) is 2.02. The zero-order valence-electron chi connectivity index (χ0n) is 10.6. The van der Waals surface area contributed by atoms with Crippen molar-refractivity contribution in [3.05, 3.63) is 15.7 Å². The molecular weight excluding hydrogens is 332 g/mol. The lowest BCUT2D eigenvalue weighted by Crippen LogP contribution is -1.96. The molecule has 2 rings (SSSR count). The van der Waals surface area contributed by atoms with Crippen LogP contribution in [0.3, 0.4) is 0 Å². The lowest BCUT2D eigenvalue weighted by molar-refractivity contribution is 0.679. The van der Waals surface area contributed by atoms with E-state index < -0.39 is 10.8 Å². The van der Waals surface area contributed by atoms with Gasteiger partial charge in [0.1, 0.15) is 0 Å². The summed E-state index contributed by atoms with van der Waals surface area (Å²) >= 11 is 5.03. The maximum atomic E-state index is 12.1. The Morgan fingerprint density at radius 2 is 2.06 bits per heavy atom. The van der Waals surface area contributed by atoms with Gasteiger partial charge in [-0.2, -0.15) is 0 Å². The van der Waals surface area contributed by atoms with Crippen LogP contribution >= 0.6 is 27.3 Å². The highest BCUT2D eigenvalue weighted by atomic mass is 79.9. The molecule has 6 heteroatoms. The number of unbranched alkanes of at least 4 members (excludes halogenated alkanes) is 1. The largest absolute Gasteiger partial charge is 0.252 e. The molecule has 0 aliphatic rings. The lowest BCUT2D eigenvalue weighted by atomic mass is 10.2. The third kappa shape index (κ3) is 2.65. The van der Waals surface area contributed by atoms with Crippen LogP contribution in [0, 0.1) is 13.8 Å². The molecule has 0 aliphatic heterocycles. The van der Waals surface area contributed by atoms with Crippen molar-refractivity contribution in [3.8, 4) is 0 Å². The number of fused-ring (bicyclic) bond motifs is 1. The molecule has 0 radical (unpaired) electrons. The molecule has 0 bridgehead atoms. The molecule has 0 aromatic carbocycles. The van der Waals surface area contributed by atoms with Crippen molar-refractivity contribution in [2.45, 2.75) is 38.0 Å². The Morgan fingerprint density at radius 3 is 2.72 bits per heavy atom. The fourth-order valence-corrected chi connectivity index (χ4v) is 4.60. The van der Waals surface area contributed by atoms with Crippen LogP contribution in [0.5, 0.6) is 0 Å². The molecule has 3 nitrogen and oxygen atoms in total. The van der Waals surface area contributed by atoms with Crippen LogP contribution in [-0.4, -0.2) is 19.9 Å². The molecule has 0 spiro atoms. The molecule has 0 aliphatic carbocycles. The maximum Gasteiger partial charge on any atom is 0.183 e. The van der Waals surface area contributed by atoms with Crippen LogP contribution in [0.4, 0.5) is 0 Å². The average Bonchev–Trinajstić information content (AvgIpc) is 2.77. The third-order valence-corrected chi connectivity index (χ3v) is 6.80. The van der Waals surface area contributed by atoms with Gasteiger partial charge in [-0.3, -0.25) is 4.21 Å². The summed E-state index contributed by atoms with van der Waals surface area (Å²) in [6.45, 7) is 6.09. The molecule has 98 valence electrons. The SMILES string of the molecule is CCCC[S@](=O)c1nc2nc(C)c(Br)c(C)c2s1. The number of aryl methyl sites for hydroxylation is 2. The van der Waals surface area contributed by atoms with Crippen molar-refractivity contribution in [2.24, 2.45) is 0 Å². The van der Waals surface area contributed by atoms with Crippen LogP contribution in [-0.2, 0) is 10.8 Å². The van der Waals surface area contributed by atoms with Crippen LogP contribution in [0.2, 0.25) is 0 Å². The first-order chi connectivity index (χ1) is 8.54. The second kappa shape index (κ2) is 5.75. The molecule has 18 heavy (non-hydrogen) atoms. The second-order valence-electron chi connectivity index (χ2n) is 4.17. The Balaban J connectivity index is 2.44. The van der Waals surface area contributed by atoms with Gasteiger partial charge >= 0.3 is 0 Å². The number of nitrogens with zero attached hydrogens (tertiary/aromatic N) is 2. The van der Waals surface area contributed by atoms with Crippen LogP contribution < -0.4 is 0 Å². The summed E-state index contributed by atoms with van der Waals surface area (Å²) in [5, 5.41) is 0. The van der Waals surface area contributed by atoms with E-state index in [1.165, 1.54) is 11.3 Å². The molecule has 0 unspecified atom stereocenters. The van der Waals surface area contributed by atoms with Crippen molar-refractivity contribution in [1.29, 1.82) is 0 Å². The summed E-state index contributed by atoms with van der Waals surface area (Å²) < 4.78 is 14.8. The van der Waals surface area contributed by atoms with Gasteiger partial charge in [0, 0.05) is 10.2 Å². The van der Waals surface area contributed by atoms with Crippen molar-refractivity contribution >= 4 is 48.4 Å². The minimum absolute atomic E-state index is 0.690. The summed E-state index contributed by atoms with van der Waals surface area (Å²) in [5.74, 6) is 0.690. The number of hydrogen-bond donors (Lipinski definition) is 0. The predicted octanol–water partition coefficient (Wildman–Crippen LogP) is 3.98. The standard InChI is InChI=1S/C12H15BrN2OS2/c1-4-5-6-18(16)12-15-11-10(17-12)7(2)9(13)8(3)14-11/h4-6H2,1-3H3/t18-/m0/s1. The quantitative estimate of drug-likeness (QED) is 0.840. The van der Waals surface area contributed by atoms with Crippen LogP contribution in [0.25, 0.3) is 10.3 Å². The highest BCUT2D eigenvalue weighted by molar-refractivity contribution is 9.10. The normalized spacial score (nSPS) is 13.1. The van der Waals surface area contributed by atoms with Crippen molar-refractivity contribution in [2.75, 3.05) is 5.75 Å². The van der Waals surface area contributed by atoms with E-state index in [2.05, 4.69) is 32.8 Å². The third-order valence-electron chi connectivity index (χ3n) is 2.73. The first-order valence-electron chi connectivity index (χ1n) is 5.86. The van der Waals surface area contributed by atoms with Gasteiger partial charge in [0.25, 0.3) is 0 Å². The Kier molecular flexibility index (Phi) is 4.50. The summed E-state index contributed by atoms with van der Waals surface area (Å²) in [7, 11) is -0.985. The molecule has 0 amide bonds. The van der Waals surface area contributed by atoms with E-state index in [9.17, 15) is 4.21 Å². The monoisotopic (exact) mass is 346 g/mol. The molecule has 0 N–H and O–H groups in total. The Hall–Kier alpha value is -0.330. The molecule has 2 heterocycles. The van der Waals surface area contributed by atoms with Gasteiger partial charge in [-0.05, 0) is 41.8 Å². The van der Waals surface area contributed by atoms with Crippen molar-refractivity contribution in [1.82, 2.24) is 9.97 Å². The topological polar surface area (TPSA) is 42.9 Å². The number of pyridine rings is 1. The Labute approximate surface area is 122 Å². The Bertz CT molecular complexity index is 610. The average molecular weight is 347 g/mol. The predicted molar refractivity (Wildman–Crippen MR) is 80.8 cm³/mol. The summed E-state index contributed by atoms with van der Waals surface area (Å²) in [5.41, 5.74) is 2.78. The minimum atomic E-state index is -0.985. The molecule has 0 fully saturated rings. The van der Waals surface area contributed by atoms with Gasteiger partial charge in [0.15, 0.2) is 9.99 Å². The molecule has 2 aromatic rings. The van der Waals surface area contributed by atoms with Gasteiger partial charge in [0.05, 0.1) is 21.2 Å². The van der Waals surface area contributed by atoms with Crippen LogP contribution in [0.15, 0.2) is 8.81 Å². The van der Waals surface area contributed by atoms with E-state index in [0.29, 0.717) is 10.1 Å². The zero-order valence-corrected chi connectivity index (χ0v) is 13.8. The smallest absolute Gasteiger partial charge is 0.183 e. The zero-order chi connectivity index (χ0) is 13.3. The van der Waals surface area contributed by atoms with Gasteiger partial charge in [-0.1, -0.05) is 13.3 Å². The molecule has 0 saturated carbocycles. The van der Waals surface area contributed by atoms with Gasteiger partial charge < -0.3 is 0 Å². The van der Waals surface area contributed by atoms with Gasteiger partial charge in [-0.25, -0.2) is 9.97 Å². The van der Waals surface area contributed by atoms with Gasteiger partial charge in [-0.15, -0.1) is 11.3 Å². The van der Waals surface area contributed by atoms with E-state index in [1.54, 1.807) is 0 Å². The molecular formula is C12H15BrN2OS2. The van der Waals surface area contributed by atoms with E-state index in [-0.39, 0.29) is 0 Å². The lowest BCUT2D eigenvalue weighted by Gasteiger charge is -2.01. The number of thiazole rings is 1. The molecule has 0 saturated heterocycles. The maximum absolute atomic E-state index is 12.1. The highest BCUT2D eigenvalue weighted by Gasteiger charge is 2.15. The van der Waals surface area contributed by atoms with E-state index in [1.807, 2.05) is 13.8 Å². The Morgan fingerprint density at radius 1 is 1.33 bits per heavy atom. The number of hydrogen-bond acceptors (Lipinski definition) is 4. The minimum Gasteiger partial charge on any atom is -0.252 e. The number of rotatable bonds is 4. The number of halogens is 1. The van der Waals surface area contributed by atoms with Gasteiger partial charge in [0.2, 0.25) is 0 Å². The fraction of sp³-hybridized carbons (Fsp3) is 0.500. The first-order valence-corrected chi connectivity index (χ1v) is 8.79. The number of aromatic nitrogens is 2. The van der Waals surface area contributed by atoms with Crippen LogP contribution in [0.1, 0.15) is 31.0 Å². The highest BCUT2D eigenvalue weighted by Crippen LogP contribution is 2.32. The van der Waals surface area contributed by atoms with Crippen molar-refractivity contribution < 1.29 is 4.21 Å². The van der Waals surface area contributed by atoms with E-state index in [0.717, 1.165) is 38.9 Å². The summed E-state index contributed by atoms with van der Waals surface area (Å²) in [4.78, 5) is 8.85. The second-order valence-corrected chi connectivity index (χ2v) is 7.71. The first kappa shape index (κ1) is 14.1. The van der Waals surface area contributed by atoms with E-state index >= 15 is 0 Å². The fourth-order valence-electron chi connectivity index (χ4n) is 1.65.